The van der Waals surface area contributed by atoms with Crippen molar-refractivity contribution in [3.63, 3.8) is 0 Å². The van der Waals surface area contributed by atoms with Crippen LogP contribution in [0.3, 0.4) is 0 Å². The van der Waals surface area contributed by atoms with Gasteiger partial charge in [-0.3, -0.25) is 0 Å². The van der Waals surface area contributed by atoms with Crippen LogP contribution < -0.4 is 10.6 Å². The van der Waals surface area contributed by atoms with Crippen LogP contribution in [-0.4, -0.2) is 28.6 Å². The second-order valence-corrected chi connectivity index (χ2v) is 6.13. The molecule has 94 valence electrons. The topological polar surface area (TPSA) is 42.2 Å². The highest BCUT2D eigenvalue weighted by Gasteiger charge is 2.27. The van der Waals surface area contributed by atoms with Crippen molar-refractivity contribution in [2.75, 3.05) is 17.2 Å². The first-order valence-electron chi connectivity index (χ1n) is 6.18. The molecule has 2 atom stereocenters. The molecule has 17 heavy (non-hydrogen) atoms. The minimum atomic E-state index is 0.522. The Morgan fingerprint density at radius 1 is 1.53 bits per heavy atom. The number of aromatic nitrogens is 1. The van der Waals surface area contributed by atoms with Crippen LogP contribution in [0.4, 0.5) is 5.82 Å². The lowest BCUT2D eigenvalue weighted by Gasteiger charge is -2.39. The van der Waals surface area contributed by atoms with E-state index in [1.807, 2.05) is 24.0 Å². The van der Waals surface area contributed by atoms with Gasteiger partial charge in [-0.05, 0) is 25.5 Å². The second-order valence-electron chi connectivity index (χ2n) is 4.64. The Morgan fingerprint density at radius 3 is 3.00 bits per heavy atom. The third-order valence-corrected chi connectivity index (χ3v) is 4.97. The lowest BCUT2D eigenvalue weighted by Crippen LogP contribution is -2.45. The quantitative estimate of drug-likeness (QED) is 0.875. The normalized spacial score (nSPS) is 25.1. The van der Waals surface area contributed by atoms with E-state index in [1.165, 1.54) is 16.9 Å². The van der Waals surface area contributed by atoms with E-state index in [0.29, 0.717) is 17.8 Å². The number of hydrogen-bond donors (Lipinski definition) is 1. The number of nitrogens with two attached hydrogens (primary N) is 1. The molecular formula is C13H21N3S. The molecule has 0 amide bonds. The molecular weight excluding hydrogens is 230 g/mol. The first-order valence-corrected chi connectivity index (χ1v) is 7.22. The monoisotopic (exact) mass is 251 g/mol. The first-order chi connectivity index (χ1) is 8.15. The van der Waals surface area contributed by atoms with Gasteiger partial charge in [0.2, 0.25) is 0 Å². The summed E-state index contributed by atoms with van der Waals surface area (Å²) in [5.74, 6) is 2.26. The highest BCUT2D eigenvalue weighted by Crippen LogP contribution is 2.30. The predicted octanol–water partition coefficient (Wildman–Crippen LogP) is 2.18. The van der Waals surface area contributed by atoms with Crippen molar-refractivity contribution in [2.45, 2.75) is 38.6 Å². The molecule has 0 aromatic carbocycles. The molecule has 1 fully saturated rings. The fourth-order valence-corrected chi connectivity index (χ4v) is 3.41. The minimum Gasteiger partial charge on any atom is -0.352 e. The summed E-state index contributed by atoms with van der Waals surface area (Å²) in [6, 6.07) is 2.56. The Kier molecular flexibility index (Phi) is 3.94. The summed E-state index contributed by atoms with van der Waals surface area (Å²) in [5.41, 5.74) is 8.31. The molecule has 0 bridgehead atoms. The van der Waals surface area contributed by atoms with Gasteiger partial charge >= 0.3 is 0 Å². The summed E-state index contributed by atoms with van der Waals surface area (Å²) >= 11 is 2.04. The van der Waals surface area contributed by atoms with Crippen LogP contribution in [0.25, 0.3) is 0 Å². The van der Waals surface area contributed by atoms with Crippen molar-refractivity contribution < 1.29 is 0 Å². The van der Waals surface area contributed by atoms with Crippen molar-refractivity contribution in [1.29, 1.82) is 0 Å². The van der Waals surface area contributed by atoms with Crippen molar-refractivity contribution in [1.82, 2.24) is 4.98 Å². The summed E-state index contributed by atoms with van der Waals surface area (Å²) in [7, 11) is 0. The molecule has 1 aliphatic rings. The maximum absolute atomic E-state index is 5.87. The summed E-state index contributed by atoms with van der Waals surface area (Å²) in [6.07, 6.45) is 1.89. The average molecular weight is 251 g/mol. The van der Waals surface area contributed by atoms with E-state index in [4.69, 9.17) is 5.73 Å². The van der Waals surface area contributed by atoms with Crippen molar-refractivity contribution in [2.24, 2.45) is 5.73 Å². The Hall–Kier alpha value is -0.740. The van der Waals surface area contributed by atoms with E-state index in [9.17, 15) is 0 Å². The van der Waals surface area contributed by atoms with Crippen LogP contribution in [0, 0.1) is 6.92 Å². The zero-order chi connectivity index (χ0) is 12.4. The van der Waals surface area contributed by atoms with E-state index in [-0.39, 0.29) is 0 Å². The molecule has 2 rings (SSSR count). The Balaban J connectivity index is 2.35. The largest absolute Gasteiger partial charge is 0.352 e. The molecule has 0 aliphatic carbocycles. The molecule has 1 aromatic heterocycles. The van der Waals surface area contributed by atoms with Gasteiger partial charge in [-0.1, -0.05) is 6.92 Å². The smallest absolute Gasteiger partial charge is 0.133 e. The van der Waals surface area contributed by atoms with Gasteiger partial charge in [0, 0.05) is 41.9 Å². The Labute approximate surface area is 108 Å². The molecule has 4 heteroatoms. The number of thioether (sulfide) groups is 1. The maximum Gasteiger partial charge on any atom is 0.133 e. The Morgan fingerprint density at radius 2 is 2.29 bits per heavy atom. The molecule has 2 heterocycles. The van der Waals surface area contributed by atoms with E-state index in [2.05, 4.69) is 30.7 Å². The average Bonchev–Trinajstić information content (AvgIpc) is 2.32. The number of pyridine rings is 1. The van der Waals surface area contributed by atoms with Crippen LogP contribution in [0.15, 0.2) is 12.3 Å². The number of rotatable bonds is 2. The minimum absolute atomic E-state index is 0.522. The standard InChI is InChI=1S/C13H21N3S/c1-9-4-5-15-13(12(9)8-14)16-6-7-17-11(3)10(16)2/h4-5,10-11H,6-8,14H2,1-3H3. The summed E-state index contributed by atoms with van der Waals surface area (Å²) < 4.78 is 0. The van der Waals surface area contributed by atoms with Gasteiger partial charge in [-0.25, -0.2) is 4.98 Å². The first kappa shape index (κ1) is 12.7. The van der Waals surface area contributed by atoms with Crippen LogP contribution in [0.2, 0.25) is 0 Å². The third-order valence-electron chi connectivity index (χ3n) is 3.63. The van der Waals surface area contributed by atoms with Gasteiger partial charge < -0.3 is 10.6 Å². The molecule has 2 N–H and O–H groups in total. The van der Waals surface area contributed by atoms with Crippen LogP contribution in [-0.2, 0) is 6.54 Å². The molecule has 1 saturated heterocycles. The van der Waals surface area contributed by atoms with Gasteiger partial charge in [0.05, 0.1) is 0 Å². The summed E-state index contributed by atoms with van der Waals surface area (Å²) in [5, 5.41) is 0.650. The molecule has 0 spiro atoms. The third kappa shape index (κ3) is 2.43. The van der Waals surface area contributed by atoms with Crippen LogP contribution >= 0.6 is 11.8 Å². The van der Waals surface area contributed by atoms with Gasteiger partial charge in [0.25, 0.3) is 0 Å². The number of anilines is 1. The highest BCUT2D eigenvalue weighted by molar-refractivity contribution is 8.00. The fraction of sp³-hybridized carbons (Fsp3) is 0.615. The van der Waals surface area contributed by atoms with Gasteiger partial charge in [-0.2, -0.15) is 11.8 Å². The SMILES string of the molecule is Cc1ccnc(N2CCSC(C)C2C)c1CN. The zero-order valence-electron chi connectivity index (χ0n) is 10.8. The summed E-state index contributed by atoms with van der Waals surface area (Å²) in [6.45, 7) is 8.32. The molecule has 2 unspecified atom stereocenters. The molecule has 1 aromatic rings. The predicted molar refractivity (Wildman–Crippen MR) is 75.6 cm³/mol. The van der Waals surface area contributed by atoms with E-state index >= 15 is 0 Å². The van der Waals surface area contributed by atoms with E-state index in [1.54, 1.807) is 0 Å². The van der Waals surface area contributed by atoms with Crippen molar-refractivity contribution >= 4 is 17.6 Å². The van der Waals surface area contributed by atoms with Crippen molar-refractivity contribution in [3.05, 3.63) is 23.4 Å². The highest BCUT2D eigenvalue weighted by atomic mass is 32.2. The molecule has 0 saturated carbocycles. The zero-order valence-corrected chi connectivity index (χ0v) is 11.6. The van der Waals surface area contributed by atoms with E-state index in [0.717, 1.165) is 12.4 Å². The lowest BCUT2D eigenvalue weighted by atomic mass is 10.1. The Bertz CT molecular complexity index is 394. The van der Waals surface area contributed by atoms with Gasteiger partial charge in [0.15, 0.2) is 0 Å². The van der Waals surface area contributed by atoms with Crippen LogP contribution in [0.5, 0.6) is 0 Å². The molecule has 0 radical (unpaired) electrons. The second kappa shape index (κ2) is 5.27. The summed E-state index contributed by atoms with van der Waals surface area (Å²) in [4.78, 5) is 6.97. The fourth-order valence-electron chi connectivity index (χ4n) is 2.31. The number of nitrogens with zero attached hydrogens (tertiary/aromatic N) is 2. The molecule has 3 nitrogen and oxygen atoms in total. The number of hydrogen-bond acceptors (Lipinski definition) is 4. The van der Waals surface area contributed by atoms with Crippen molar-refractivity contribution in [3.8, 4) is 0 Å². The maximum atomic E-state index is 5.87. The lowest BCUT2D eigenvalue weighted by molar-refractivity contribution is 0.617. The van der Waals surface area contributed by atoms with Gasteiger partial charge in [-0.15, -0.1) is 0 Å². The molecule has 1 aliphatic heterocycles. The van der Waals surface area contributed by atoms with Gasteiger partial charge in [0.1, 0.15) is 5.82 Å². The van der Waals surface area contributed by atoms with E-state index < -0.39 is 0 Å². The number of aryl methyl sites for hydroxylation is 1. The van der Waals surface area contributed by atoms with Crippen LogP contribution in [0.1, 0.15) is 25.0 Å².